The Bertz CT molecular complexity index is 476. The van der Waals surface area contributed by atoms with Crippen LogP contribution in [0.1, 0.15) is 28.5 Å². The molecular weight excluding hydrogens is 198 g/mol. The van der Waals surface area contributed by atoms with Gasteiger partial charge in [-0.15, -0.1) is 0 Å². The first-order chi connectivity index (χ1) is 7.66. The summed E-state index contributed by atoms with van der Waals surface area (Å²) in [6.45, 7) is 3.99. The average Bonchev–Trinajstić information content (AvgIpc) is 2.29. The molecule has 1 unspecified atom stereocenters. The summed E-state index contributed by atoms with van der Waals surface area (Å²) < 4.78 is 0. The second kappa shape index (κ2) is 4.45. The zero-order valence-electron chi connectivity index (χ0n) is 9.51. The topological polar surface area (TPSA) is 33.1 Å². The van der Waals surface area contributed by atoms with Crippen LogP contribution in [-0.2, 0) is 0 Å². The molecule has 0 saturated heterocycles. The second-order valence-corrected chi connectivity index (χ2v) is 4.08. The van der Waals surface area contributed by atoms with E-state index in [2.05, 4.69) is 4.98 Å². The van der Waals surface area contributed by atoms with Gasteiger partial charge in [-0.2, -0.15) is 0 Å². The molecule has 2 rings (SSSR count). The molecule has 16 heavy (non-hydrogen) atoms. The van der Waals surface area contributed by atoms with Crippen LogP contribution in [-0.4, -0.2) is 10.1 Å². The van der Waals surface area contributed by atoms with Crippen molar-refractivity contribution in [2.24, 2.45) is 0 Å². The van der Waals surface area contributed by atoms with Gasteiger partial charge in [-0.3, -0.25) is 4.98 Å². The Morgan fingerprint density at radius 3 is 2.50 bits per heavy atom. The highest BCUT2D eigenvalue weighted by molar-refractivity contribution is 5.29. The minimum absolute atomic E-state index is 0.638. The number of hydrogen-bond acceptors (Lipinski definition) is 2. The van der Waals surface area contributed by atoms with E-state index in [0.29, 0.717) is 5.69 Å². The zero-order chi connectivity index (χ0) is 11.5. The van der Waals surface area contributed by atoms with E-state index in [0.717, 1.165) is 16.7 Å². The Labute approximate surface area is 95.6 Å². The summed E-state index contributed by atoms with van der Waals surface area (Å²) in [5.41, 5.74) is 3.82. The molecule has 82 valence electrons. The van der Waals surface area contributed by atoms with Crippen molar-refractivity contribution in [1.82, 2.24) is 4.98 Å². The van der Waals surface area contributed by atoms with Crippen LogP contribution in [0.25, 0.3) is 0 Å². The van der Waals surface area contributed by atoms with Crippen molar-refractivity contribution in [1.29, 1.82) is 0 Å². The number of aliphatic hydroxyl groups excluding tert-OH is 1. The lowest BCUT2D eigenvalue weighted by molar-refractivity contribution is 0.215. The van der Waals surface area contributed by atoms with Crippen molar-refractivity contribution < 1.29 is 5.11 Å². The SMILES string of the molecule is Cc1ccc(C(O)c2cccc(C)c2)nc1. The molecule has 1 heterocycles. The predicted octanol–water partition coefficient (Wildman–Crippen LogP) is 2.78. The molecule has 0 amide bonds. The Kier molecular flexibility index (Phi) is 3.02. The maximum atomic E-state index is 10.1. The number of benzene rings is 1. The molecule has 0 fully saturated rings. The van der Waals surface area contributed by atoms with Gasteiger partial charge in [0.05, 0.1) is 5.69 Å². The Hall–Kier alpha value is -1.67. The van der Waals surface area contributed by atoms with E-state index in [9.17, 15) is 5.11 Å². The van der Waals surface area contributed by atoms with Crippen molar-refractivity contribution in [3.63, 3.8) is 0 Å². The van der Waals surface area contributed by atoms with Gasteiger partial charge in [0.25, 0.3) is 0 Å². The molecule has 0 aliphatic heterocycles. The molecule has 1 aromatic heterocycles. The maximum Gasteiger partial charge on any atom is 0.121 e. The molecule has 2 aromatic rings. The summed E-state index contributed by atoms with van der Waals surface area (Å²) in [6.07, 6.45) is 1.13. The van der Waals surface area contributed by atoms with Crippen LogP contribution in [0.2, 0.25) is 0 Å². The van der Waals surface area contributed by atoms with Gasteiger partial charge in [-0.1, -0.05) is 35.9 Å². The van der Waals surface area contributed by atoms with Crippen LogP contribution >= 0.6 is 0 Å². The fraction of sp³-hybridized carbons (Fsp3) is 0.214. The summed E-state index contributed by atoms with van der Waals surface area (Å²) in [6, 6.07) is 11.7. The Balaban J connectivity index is 2.31. The number of aromatic nitrogens is 1. The summed E-state index contributed by atoms with van der Waals surface area (Å²) in [4.78, 5) is 4.23. The molecule has 1 aromatic carbocycles. The Morgan fingerprint density at radius 1 is 1.06 bits per heavy atom. The molecule has 0 bridgehead atoms. The van der Waals surface area contributed by atoms with Gasteiger partial charge >= 0.3 is 0 Å². The molecule has 0 spiro atoms. The first kappa shape index (κ1) is 10.8. The van der Waals surface area contributed by atoms with E-state index >= 15 is 0 Å². The third kappa shape index (κ3) is 2.28. The van der Waals surface area contributed by atoms with Crippen LogP contribution in [0.5, 0.6) is 0 Å². The fourth-order valence-electron chi connectivity index (χ4n) is 1.65. The number of pyridine rings is 1. The average molecular weight is 213 g/mol. The van der Waals surface area contributed by atoms with Crippen LogP contribution in [0.3, 0.4) is 0 Å². The van der Waals surface area contributed by atoms with Gasteiger partial charge in [-0.05, 0) is 31.0 Å². The van der Waals surface area contributed by atoms with Gasteiger partial charge in [-0.25, -0.2) is 0 Å². The van der Waals surface area contributed by atoms with Crippen LogP contribution in [0, 0.1) is 13.8 Å². The highest BCUT2D eigenvalue weighted by Gasteiger charge is 2.11. The quantitative estimate of drug-likeness (QED) is 0.832. The van der Waals surface area contributed by atoms with Gasteiger partial charge in [0.2, 0.25) is 0 Å². The summed E-state index contributed by atoms with van der Waals surface area (Å²) in [5.74, 6) is 0. The fourth-order valence-corrected chi connectivity index (χ4v) is 1.65. The van der Waals surface area contributed by atoms with E-state index in [-0.39, 0.29) is 0 Å². The van der Waals surface area contributed by atoms with E-state index < -0.39 is 6.10 Å². The summed E-state index contributed by atoms with van der Waals surface area (Å²) in [7, 11) is 0. The number of nitrogens with zero attached hydrogens (tertiary/aromatic N) is 1. The first-order valence-corrected chi connectivity index (χ1v) is 5.34. The minimum atomic E-state index is -0.638. The largest absolute Gasteiger partial charge is 0.382 e. The van der Waals surface area contributed by atoms with Gasteiger partial charge < -0.3 is 5.11 Å². The van der Waals surface area contributed by atoms with Crippen molar-refractivity contribution in [2.45, 2.75) is 20.0 Å². The lowest BCUT2D eigenvalue weighted by Crippen LogP contribution is -2.02. The van der Waals surface area contributed by atoms with Gasteiger partial charge in [0.1, 0.15) is 6.10 Å². The predicted molar refractivity (Wildman–Crippen MR) is 64.2 cm³/mol. The maximum absolute atomic E-state index is 10.1. The smallest absolute Gasteiger partial charge is 0.121 e. The third-order valence-electron chi connectivity index (χ3n) is 2.57. The number of rotatable bonds is 2. The minimum Gasteiger partial charge on any atom is -0.382 e. The van der Waals surface area contributed by atoms with E-state index in [4.69, 9.17) is 0 Å². The van der Waals surface area contributed by atoms with Crippen LogP contribution < -0.4 is 0 Å². The highest BCUT2D eigenvalue weighted by atomic mass is 16.3. The molecule has 0 saturated carbocycles. The zero-order valence-corrected chi connectivity index (χ0v) is 9.51. The first-order valence-electron chi connectivity index (χ1n) is 5.34. The van der Waals surface area contributed by atoms with Crippen molar-refractivity contribution >= 4 is 0 Å². The standard InChI is InChI=1S/C14H15NO/c1-10-4-3-5-12(8-10)14(16)13-7-6-11(2)9-15-13/h3-9,14,16H,1-2H3. The van der Waals surface area contributed by atoms with Gasteiger partial charge in [0.15, 0.2) is 0 Å². The van der Waals surface area contributed by atoms with E-state index in [1.807, 2.05) is 50.2 Å². The molecule has 1 N–H and O–H groups in total. The third-order valence-corrected chi connectivity index (χ3v) is 2.57. The van der Waals surface area contributed by atoms with E-state index in [1.54, 1.807) is 6.20 Å². The summed E-state index contributed by atoms with van der Waals surface area (Å²) >= 11 is 0. The molecule has 1 atom stereocenters. The molecule has 2 heteroatoms. The van der Waals surface area contributed by atoms with Gasteiger partial charge in [0, 0.05) is 6.20 Å². The van der Waals surface area contributed by atoms with Crippen molar-refractivity contribution in [3.8, 4) is 0 Å². The molecule has 0 radical (unpaired) electrons. The molecule has 0 aliphatic carbocycles. The van der Waals surface area contributed by atoms with Crippen molar-refractivity contribution in [2.75, 3.05) is 0 Å². The summed E-state index contributed by atoms with van der Waals surface area (Å²) in [5, 5.41) is 10.1. The molecular formula is C14H15NO. The lowest BCUT2D eigenvalue weighted by atomic mass is 10.0. The highest BCUT2D eigenvalue weighted by Crippen LogP contribution is 2.20. The van der Waals surface area contributed by atoms with Crippen LogP contribution in [0.4, 0.5) is 0 Å². The molecule has 2 nitrogen and oxygen atoms in total. The second-order valence-electron chi connectivity index (χ2n) is 4.08. The number of aliphatic hydroxyl groups is 1. The van der Waals surface area contributed by atoms with Crippen LogP contribution in [0.15, 0.2) is 42.6 Å². The number of hydrogen-bond donors (Lipinski definition) is 1. The lowest BCUT2D eigenvalue weighted by Gasteiger charge is -2.11. The van der Waals surface area contributed by atoms with E-state index in [1.165, 1.54) is 0 Å². The number of aryl methyl sites for hydroxylation is 2. The van der Waals surface area contributed by atoms with Crippen molar-refractivity contribution in [3.05, 3.63) is 65.0 Å². The Morgan fingerprint density at radius 2 is 1.88 bits per heavy atom. The normalized spacial score (nSPS) is 12.4. The molecule has 0 aliphatic rings. The monoisotopic (exact) mass is 213 g/mol.